The van der Waals surface area contributed by atoms with Gasteiger partial charge in [-0.2, -0.15) is 0 Å². The highest BCUT2D eigenvalue weighted by Crippen LogP contribution is 2.35. The normalized spacial score (nSPS) is 18.6. The number of rotatable bonds is 5. The minimum absolute atomic E-state index is 0.219. The van der Waals surface area contributed by atoms with Crippen molar-refractivity contribution in [3.05, 3.63) is 35.4 Å². The van der Waals surface area contributed by atoms with Crippen LogP contribution in [-0.4, -0.2) is 28.6 Å². The molecule has 1 atom stereocenters. The molecule has 0 spiro atoms. The zero-order valence-corrected chi connectivity index (χ0v) is 11.8. The second-order valence-electron chi connectivity index (χ2n) is 5.58. The number of aliphatic carboxylic acids is 1. The first-order chi connectivity index (χ1) is 9.09. The maximum absolute atomic E-state index is 10.8. The van der Waals surface area contributed by atoms with Gasteiger partial charge in [0.15, 0.2) is 0 Å². The molecule has 1 aromatic rings. The van der Waals surface area contributed by atoms with Crippen molar-refractivity contribution in [1.82, 2.24) is 4.90 Å². The summed E-state index contributed by atoms with van der Waals surface area (Å²) >= 11 is 0. The molecule has 0 bridgehead atoms. The Kier molecular flexibility index (Phi) is 4.59. The number of hydrogen-bond acceptors (Lipinski definition) is 2. The predicted octanol–water partition coefficient (Wildman–Crippen LogP) is 3.25. The zero-order chi connectivity index (χ0) is 13.8. The molecule has 3 nitrogen and oxygen atoms in total. The van der Waals surface area contributed by atoms with Crippen LogP contribution in [0.4, 0.5) is 0 Å². The van der Waals surface area contributed by atoms with Crippen molar-refractivity contribution >= 4 is 5.97 Å². The Balaban J connectivity index is 2.20. The maximum atomic E-state index is 10.8. The van der Waals surface area contributed by atoms with Gasteiger partial charge in [0, 0.05) is 18.6 Å². The van der Waals surface area contributed by atoms with Gasteiger partial charge in [-0.3, -0.25) is 9.69 Å². The van der Waals surface area contributed by atoms with E-state index in [0.29, 0.717) is 18.6 Å². The standard InChI is InChI=1S/C16H23NO2/c1-12(2)17(11-10-16(18)19)15-9-5-7-13-6-3-4-8-14(13)15/h3-4,6,8,12,15H,5,7,9-11H2,1-2H3,(H,18,19). The van der Waals surface area contributed by atoms with Crippen LogP contribution in [0.2, 0.25) is 0 Å². The highest BCUT2D eigenvalue weighted by Gasteiger charge is 2.27. The van der Waals surface area contributed by atoms with Crippen molar-refractivity contribution in [3.63, 3.8) is 0 Å². The van der Waals surface area contributed by atoms with E-state index in [1.807, 2.05) is 0 Å². The molecule has 0 fully saturated rings. The number of aryl methyl sites for hydroxylation is 1. The molecule has 2 rings (SSSR count). The molecule has 1 N–H and O–H groups in total. The first kappa shape index (κ1) is 14.1. The van der Waals surface area contributed by atoms with Crippen molar-refractivity contribution in [2.45, 2.75) is 51.6 Å². The van der Waals surface area contributed by atoms with Gasteiger partial charge in [-0.15, -0.1) is 0 Å². The van der Waals surface area contributed by atoms with Crippen LogP contribution in [0.5, 0.6) is 0 Å². The molecule has 104 valence electrons. The maximum Gasteiger partial charge on any atom is 0.304 e. The van der Waals surface area contributed by atoms with Gasteiger partial charge in [0.05, 0.1) is 6.42 Å². The van der Waals surface area contributed by atoms with Crippen LogP contribution in [0.25, 0.3) is 0 Å². The second-order valence-corrected chi connectivity index (χ2v) is 5.58. The van der Waals surface area contributed by atoms with E-state index in [1.54, 1.807) is 0 Å². The van der Waals surface area contributed by atoms with E-state index in [-0.39, 0.29) is 6.42 Å². The van der Waals surface area contributed by atoms with Gasteiger partial charge in [0.25, 0.3) is 0 Å². The number of fused-ring (bicyclic) bond motifs is 1. The summed E-state index contributed by atoms with van der Waals surface area (Å²) in [5.74, 6) is -0.713. The average molecular weight is 261 g/mol. The molecule has 0 saturated heterocycles. The molecule has 1 aromatic carbocycles. The number of carboxylic acids is 1. The van der Waals surface area contributed by atoms with Crippen LogP contribution >= 0.6 is 0 Å². The minimum atomic E-state index is -0.713. The number of benzene rings is 1. The Hall–Kier alpha value is -1.35. The Bertz CT molecular complexity index is 442. The number of carbonyl (C=O) groups is 1. The molecule has 0 heterocycles. The highest BCUT2D eigenvalue weighted by atomic mass is 16.4. The van der Waals surface area contributed by atoms with Crippen LogP contribution in [0.15, 0.2) is 24.3 Å². The first-order valence-electron chi connectivity index (χ1n) is 7.15. The van der Waals surface area contributed by atoms with Crippen molar-refractivity contribution < 1.29 is 9.90 Å². The van der Waals surface area contributed by atoms with E-state index >= 15 is 0 Å². The van der Waals surface area contributed by atoms with Crippen LogP contribution in [-0.2, 0) is 11.2 Å². The zero-order valence-electron chi connectivity index (χ0n) is 11.8. The summed E-state index contributed by atoms with van der Waals surface area (Å²) in [7, 11) is 0. The predicted molar refractivity (Wildman–Crippen MR) is 76.2 cm³/mol. The topological polar surface area (TPSA) is 40.5 Å². The molecule has 0 saturated carbocycles. The molecular weight excluding hydrogens is 238 g/mol. The molecule has 0 radical (unpaired) electrons. The third-order valence-electron chi connectivity index (χ3n) is 3.99. The van der Waals surface area contributed by atoms with Gasteiger partial charge in [-0.25, -0.2) is 0 Å². The number of carboxylic acid groups (broad SMARTS) is 1. The minimum Gasteiger partial charge on any atom is -0.481 e. The van der Waals surface area contributed by atoms with Crippen molar-refractivity contribution in [3.8, 4) is 0 Å². The Morgan fingerprint density at radius 1 is 1.42 bits per heavy atom. The molecular formula is C16H23NO2. The third-order valence-corrected chi connectivity index (χ3v) is 3.99. The lowest BCUT2D eigenvalue weighted by molar-refractivity contribution is -0.137. The molecule has 1 aliphatic carbocycles. The second kappa shape index (κ2) is 6.20. The lowest BCUT2D eigenvalue weighted by atomic mass is 9.86. The van der Waals surface area contributed by atoms with Crippen LogP contribution in [0.3, 0.4) is 0 Å². The molecule has 1 aliphatic rings. The van der Waals surface area contributed by atoms with E-state index in [1.165, 1.54) is 17.5 Å². The summed E-state index contributed by atoms with van der Waals surface area (Å²) in [6, 6.07) is 9.34. The first-order valence-corrected chi connectivity index (χ1v) is 7.15. The van der Waals surface area contributed by atoms with Gasteiger partial charge in [-0.1, -0.05) is 24.3 Å². The quantitative estimate of drug-likeness (QED) is 0.884. The molecule has 1 unspecified atom stereocenters. The largest absolute Gasteiger partial charge is 0.481 e. The van der Waals surface area contributed by atoms with Crippen LogP contribution in [0.1, 0.15) is 50.3 Å². The molecule has 0 aliphatic heterocycles. The summed E-state index contributed by atoms with van der Waals surface area (Å²) in [5, 5.41) is 8.91. The third kappa shape index (κ3) is 3.35. The SMILES string of the molecule is CC(C)N(CCC(=O)O)C1CCCc2ccccc21. The summed E-state index contributed by atoms with van der Waals surface area (Å²) in [6.07, 6.45) is 3.70. The fourth-order valence-electron chi connectivity index (χ4n) is 3.07. The number of nitrogens with zero attached hydrogens (tertiary/aromatic N) is 1. The van der Waals surface area contributed by atoms with Gasteiger partial charge in [0.1, 0.15) is 0 Å². The van der Waals surface area contributed by atoms with E-state index < -0.39 is 5.97 Å². The lowest BCUT2D eigenvalue weighted by Gasteiger charge is -2.38. The van der Waals surface area contributed by atoms with Gasteiger partial charge in [-0.05, 0) is 44.2 Å². The Labute approximate surface area is 115 Å². The van der Waals surface area contributed by atoms with Gasteiger partial charge < -0.3 is 5.11 Å². The van der Waals surface area contributed by atoms with E-state index in [0.717, 1.165) is 12.8 Å². The van der Waals surface area contributed by atoms with Crippen molar-refractivity contribution in [2.75, 3.05) is 6.54 Å². The summed E-state index contributed by atoms with van der Waals surface area (Å²) in [5.41, 5.74) is 2.83. The number of hydrogen-bond donors (Lipinski definition) is 1. The molecule has 0 aromatic heterocycles. The van der Waals surface area contributed by atoms with E-state index in [2.05, 4.69) is 43.0 Å². The molecule has 19 heavy (non-hydrogen) atoms. The fourth-order valence-corrected chi connectivity index (χ4v) is 3.07. The van der Waals surface area contributed by atoms with Crippen LogP contribution < -0.4 is 0 Å². The van der Waals surface area contributed by atoms with E-state index in [4.69, 9.17) is 5.11 Å². The monoisotopic (exact) mass is 261 g/mol. The summed E-state index contributed by atoms with van der Waals surface area (Å²) in [6.45, 7) is 4.93. The van der Waals surface area contributed by atoms with Crippen molar-refractivity contribution in [1.29, 1.82) is 0 Å². The average Bonchev–Trinajstić information content (AvgIpc) is 2.38. The molecule has 0 amide bonds. The van der Waals surface area contributed by atoms with Gasteiger partial charge >= 0.3 is 5.97 Å². The van der Waals surface area contributed by atoms with Crippen LogP contribution in [0, 0.1) is 0 Å². The Morgan fingerprint density at radius 3 is 2.84 bits per heavy atom. The summed E-state index contributed by atoms with van der Waals surface area (Å²) < 4.78 is 0. The molecule has 3 heteroatoms. The Morgan fingerprint density at radius 2 is 2.16 bits per heavy atom. The van der Waals surface area contributed by atoms with Gasteiger partial charge in [0.2, 0.25) is 0 Å². The summed E-state index contributed by atoms with van der Waals surface area (Å²) in [4.78, 5) is 13.2. The van der Waals surface area contributed by atoms with Crippen molar-refractivity contribution in [2.24, 2.45) is 0 Å². The highest BCUT2D eigenvalue weighted by molar-refractivity contribution is 5.66. The fraction of sp³-hybridized carbons (Fsp3) is 0.562. The lowest BCUT2D eigenvalue weighted by Crippen LogP contribution is -2.38. The smallest absolute Gasteiger partial charge is 0.304 e. The van der Waals surface area contributed by atoms with E-state index in [9.17, 15) is 4.79 Å².